The van der Waals surface area contributed by atoms with E-state index in [1.165, 1.54) is 11.0 Å². The molecular formula is C14H21FN2O2. The van der Waals surface area contributed by atoms with Crippen molar-refractivity contribution in [3.05, 3.63) is 35.6 Å². The third kappa shape index (κ3) is 4.01. The molecule has 1 amide bonds. The zero-order valence-corrected chi connectivity index (χ0v) is 11.3. The van der Waals surface area contributed by atoms with Crippen molar-refractivity contribution in [2.45, 2.75) is 19.4 Å². The van der Waals surface area contributed by atoms with E-state index in [2.05, 4.69) is 0 Å². The van der Waals surface area contributed by atoms with Crippen molar-refractivity contribution in [3.8, 4) is 0 Å². The number of aliphatic hydroxyl groups excluding tert-OH is 1. The molecule has 4 nitrogen and oxygen atoms in total. The molecule has 2 atom stereocenters. The van der Waals surface area contributed by atoms with Crippen molar-refractivity contribution < 1.29 is 14.3 Å². The number of hydrogen-bond acceptors (Lipinski definition) is 3. The fraction of sp³-hybridized carbons (Fsp3) is 0.500. The van der Waals surface area contributed by atoms with Gasteiger partial charge in [-0.05, 0) is 19.5 Å². The lowest BCUT2D eigenvalue weighted by molar-refractivity contribution is -0.133. The number of nitrogens with two attached hydrogens (primary N) is 1. The average molecular weight is 268 g/mol. The highest BCUT2D eigenvalue weighted by Crippen LogP contribution is 2.22. The number of hydrogen-bond donors (Lipinski definition) is 2. The molecule has 3 N–H and O–H groups in total. The van der Waals surface area contributed by atoms with E-state index in [1.54, 1.807) is 32.2 Å². The molecule has 2 unspecified atom stereocenters. The summed E-state index contributed by atoms with van der Waals surface area (Å²) in [5, 5.41) is 9.05. The van der Waals surface area contributed by atoms with Crippen molar-refractivity contribution >= 4 is 5.91 Å². The Morgan fingerprint density at radius 1 is 1.47 bits per heavy atom. The van der Waals surface area contributed by atoms with Crippen LogP contribution in [0.15, 0.2) is 24.3 Å². The van der Waals surface area contributed by atoms with Crippen LogP contribution >= 0.6 is 0 Å². The number of nitrogens with zero attached hydrogens (tertiary/aromatic N) is 1. The van der Waals surface area contributed by atoms with Gasteiger partial charge in [0.25, 0.3) is 0 Å². The van der Waals surface area contributed by atoms with Crippen LogP contribution in [0.5, 0.6) is 0 Å². The normalized spacial score (nSPS) is 13.9. The Morgan fingerprint density at radius 2 is 2.11 bits per heavy atom. The molecule has 1 aromatic carbocycles. The summed E-state index contributed by atoms with van der Waals surface area (Å²) in [6, 6.07) is 6.04. The maximum atomic E-state index is 13.7. The molecule has 1 rings (SSSR count). The molecule has 0 aliphatic heterocycles. The Balaban J connectivity index is 2.74. The first kappa shape index (κ1) is 15.6. The summed E-state index contributed by atoms with van der Waals surface area (Å²) < 4.78 is 13.7. The van der Waals surface area contributed by atoms with E-state index in [9.17, 15) is 9.18 Å². The molecule has 5 heteroatoms. The maximum Gasteiger partial charge on any atom is 0.223 e. The fourth-order valence-electron chi connectivity index (χ4n) is 1.85. The zero-order valence-electron chi connectivity index (χ0n) is 11.3. The summed E-state index contributed by atoms with van der Waals surface area (Å²) in [5.74, 6) is -0.727. The van der Waals surface area contributed by atoms with Gasteiger partial charge in [0, 0.05) is 31.6 Å². The lowest BCUT2D eigenvalue weighted by Gasteiger charge is -2.27. The molecule has 0 aliphatic rings. The monoisotopic (exact) mass is 268 g/mol. The van der Waals surface area contributed by atoms with Gasteiger partial charge in [-0.2, -0.15) is 0 Å². The van der Waals surface area contributed by atoms with E-state index in [1.807, 2.05) is 0 Å². The predicted octanol–water partition coefficient (Wildman–Crippen LogP) is 1.30. The van der Waals surface area contributed by atoms with E-state index in [-0.39, 0.29) is 43.3 Å². The van der Waals surface area contributed by atoms with E-state index in [0.717, 1.165) is 0 Å². The van der Waals surface area contributed by atoms with Crippen LogP contribution in [0.2, 0.25) is 0 Å². The second-order valence-electron chi connectivity index (χ2n) is 4.69. The number of carbonyl (C=O) groups excluding carboxylic acids is 1. The highest BCUT2D eigenvalue weighted by atomic mass is 19.1. The number of rotatable bonds is 6. The molecule has 1 aromatic rings. The Bertz CT molecular complexity index is 422. The van der Waals surface area contributed by atoms with E-state index in [4.69, 9.17) is 10.8 Å². The van der Waals surface area contributed by atoms with Gasteiger partial charge in [0.2, 0.25) is 5.91 Å². The number of benzene rings is 1. The smallest absolute Gasteiger partial charge is 0.223 e. The van der Waals surface area contributed by atoms with Gasteiger partial charge in [0.05, 0.1) is 6.04 Å². The molecular weight excluding hydrogens is 247 g/mol. The molecule has 0 fully saturated rings. The molecule has 0 bridgehead atoms. The fourth-order valence-corrected chi connectivity index (χ4v) is 1.85. The molecule has 0 saturated heterocycles. The van der Waals surface area contributed by atoms with Crippen LogP contribution in [-0.4, -0.2) is 36.1 Å². The van der Waals surface area contributed by atoms with Crippen molar-refractivity contribution in [2.24, 2.45) is 11.7 Å². The van der Waals surface area contributed by atoms with Gasteiger partial charge in [-0.1, -0.05) is 18.2 Å². The van der Waals surface area contributed by atoms with Crippen molar-refractivity contribution in [1.29, 1.82) is 0 Å². The van der Waals surface area contributed by atoms with Crippen LogP contribution in [0.25, 0.3) is 0 Å². The van der Waals surface area contributed by atoms with E-state index >= 15 is 0 Å². The Kier molecular flexibility index (Phi) is 5.92. The van der Waals surface area contributed by atoms with Gasteiger partial charge in [-0.25, -0.2) is 4.39 Å². The van der Waals surface area contributed by atoms with Crippen LogP contribution in [0.1, 0.15) is 24.9 Å². The minimum atomic E-state index is -0.356. The molecule has 0 saturated carbocycles. The predicted molar refractivity (Wildman–Crippen MR) is 71.8 cm³/mol. The topological polar surface area (TPSA) is 66.6 Å². The molecule has 106 valence electrons. The molecule has 0 spiro atoms. The first-order valence-electron chi connectivity index (χ1n) is 6.32. The quantitative estimate of drug-likeness (QED) is 0.817. The van der Waals surface area contributed by atoms with Gasteiger partial charge < -0.3 is 15.7 Å². The second kappa shape index (κ2) is 7.21. The van der Waals surface area contributed by atoms with Crippen molar-refractivity contribution in [1.82, 2.24) is 4.90 Å². The lowest BCUT2D eigenvalue weighted by atomic mass is 10.0. The van der Waals surface area contributed by atoms with Crippen molar-refractivity contribution in [3.63, 3.8) is 0 Å². The second-order valence-corrected chi connectivity index (χ2v) is 4.69. The van der Waals surface area contributed by atoms with E-state index in [0.29, 0.717) is 5.56 Å². The number of aliphatic hydroxyl groups is 1. The van der Waals surface area contributed by atoms with Crippen LogP contribution in [0, 0.1) is 11.7 Å². The highest BCUT2D eigenvalue weighted by Gasteiger charge is 2.21. The summed E-state index contributed by atoms with van der Waals surface area (Å²) in [7, 11) is 1.63. The van der Waals surface area contributed by atoms with Crippen molar-refractivity contribution in [2.75, 3.05) is 20.2 Å². The molecule has 0 radical (unpaired) electrons. The van der Waals surface area contributed by atoms with Gasteiger partial charge >= 0.3 is 0 Å². The van der Waals surface area contributed by atoms with Crippen LogP contribution in [0.3, 0.4) is 0 Å². The summed E-state index contributed by atoms with van der Waals surface area (Å²) in [6.45, 7) is 1.90. The Morgan fingerprint density at radius 3 is 2.63 bits per heavy atom. The molecule has 0 aromatic heterocycles. The first-order valence-corrected chi connectivity index (χ1v) is 6.32. The Hall–Kier alpha value is -1.46. The summed E-state index contributed by atoms with van der Waals surface area (Å²) >= 11 is 0. The van der Waals surface area contributed by atoms with Crippen LogP contribution in [0.4, 0.5) is 4.39 Å². The lowest BCUT2D eigenvalue weighted by Crippen LogP contribution is -2.33. The molecule has 19 heavy (non-hydrogen) atoms. The number of halogens is 1. The highest BCUT2D eigenvalue weighted by molar-refractivity contribution is 5.76. The summed E-state index contributed by atoms with van der Waals surface area (Å²) in [4.78, 5) is 13.5. The number of carbonyl (C=O) groups is 1. The molecule has 0 aliphatic carbocycles. The standard InChI is InChI=1S/C14H21FN2O2/c1-10(12-5-3-4-6-13(12)15)17(2)14(19)7-11(8-16)9-18/h3-6,10-11,18H,7-9,16H2,1-2H3. The molecule has 0 heterocycles. The largest absolute Gasteiger partial charge is 0.396 e. The van der Waals surface area contributed by atoms with Gasteiger partial charge in [-0.15, -0.1) is 0 Å². The minimum Gasteiger partial charge on any atom is -0.396 e. The third-order valence-electron chi connectivity index (χ3n) is 3.38. The summed E-state index contributed by atoms with van der Waals surface area (Å²) in [6.07, 6.45) is 0.169. The number of amides is 1. The first-order chi connectivity index (χ1) is 9.01. The van der Waals surface area contributed by atoms with E-state index < -0.39 is 0 Å². The van der Waals surface area contributed by atoms with Crippen LogP contribution in [-0.2, 0) is 4.79 Å². The Labute approximate surface area is 113 Å². The third-order valence-corrected chi connectivity index (χ3v) is 3.38. The maximum absolute atomic E-state index is 13.7. The SMILES string of the molecule is CC(c1ccccc1F)N(C)C(=O)CC(CN)CO. The zero-order chi connectivity index (χ0) is 14.4. The van der Waals surface area contributed by atoms with Gasteiger partial charge in [0.15, 0.2) is 0 Å². The van der Waals surface area contributed by atoms with Crippen LogP contribution < -0.4 is 5.73 Å². The summed E-state index contributed by atoms with van der Waals surface area (Å²) in [5.41, 5.74) is 5.93. The van der Waals surface area contributed by atoms with Gasteiger partial charge in [0.1, 0.15) is 5.82 Å². The van der Waals surface area contributed by atoms with Gasteiger partial charge in [-0.3, -0.25) is 4.79 Å². The average Bonchev–Trinajstić information content (AvgIpc) is 2.43. The minimum absolute atomic E-state index is 0.121.